The summed E-state index contributed by atoms with van der Waals surface area (Å²) in [6, 6.07) is 0. The molecule has 0 saturated carbocycles. The highest BCUT2D eigenvalue weighted by molar-refractivity contribution is 7.47. The molecule has 0 aliphatic heterocycles. The molecule has 0 aromatic rings. The van der Waals surface area contributed by atoms with E-state index < -0.39 is 51.8 Å². The molecule has 0 heterocycles. The molecule has 1 unspecified atom stereocenters. The Morgan fingerprint density at radius 2 is 1.10 bits per heavy atom. The van der Waals surface area contributed by atoms with Crippen LogP contribution in [0.4, 0.5) is 0 Å². The van der Waals surface area contributed by atoms with Gasteiger partial charge in [-0.1, -0.05) is 132 Å². The first kappa shape index (κ1) is 47.4. The Balaban J connectivity index is 4.51. The smallest absolute Gasteiger partial charge is 0.462 e. The molecule has 3 atom stereocenters. The Kier molecular flexibility index (Phi) is 33.0. The summed E-state index contributed by atoms with van der Waals surface area (Å²) in [4.78, 5) is 34.6. The maximum absolute atomic E-state index is 12.5. The fourth-order valence-corrected chi connectivity index (χ4v) is 5.10. The van der Waals surface area contributed by atoms with E-state index in [4.69, 9.17) is 19.1 Å². The van der Waals surface area contributed by atoms with Crippen molar-refractivity contribution in [3.63, 3.8) is 0 Å². The summed E-state index contributed by atoms with van der Waals surface area (Å²) in [6.45, 7) is 2.10. The zero-order chi connectivity index (χ0) is 37.0. The average Bonchev–Trinajstić information content (AvgIpc) is 3.10. The SMILES string of the molecule is CC/C=C/C/C=C/C/C=C/C/C=C/C/C=C/C/C=C/CCC(=O)O[C@H](COC(=O)CCCCCCCCCC)COP(=O)(O)OC[C@@H](O)CO. The molecule has 0 saturated heterocycles. The van der Waals surface area contributed by atoms with Gasteiger partial charge in [0.25, 0.3) is 0 Å². The fourth-order valence-electron chi connectivity index (χ4n) is 4.31. The van der Waals surface area contributed by atoms with E-state index in [-0.39, 0.29) is 19.4 Å². The molecule has 0 rings (SSSR count). The van der Waals surface area contributed by atoms with Crippen LogP contribution in [0.2, 0.25) is 0 Å². The molecule has 0 aliphatic rings. The van der Waals surface area contributed by atoms with E-state index in [1.54, 1.807) is 0 Å². The van der Waals surface area contributed by atoms with Crippen LogP contribution in [0.15, 0.2) is 72.9 Å². The van der Waals surface area contributed by atoms with Crippen LogP contribution < -0.4 is 0 Å². The van der Waals surface area contributed by atoms with Gasteiger partial charge < -0.3 is 24.6 Å². The van der Waals surface area contributed by atoms with Crippen LogP contribution in [0.25, 0.3) is 0 Å². The van der Waals surface area contributed by atoms with Gasteiger partial charge in [0.05, 0.1) is 19.8 Å². The number of phosphoric acid groups is 1. The van der Waals surface area contributed by atoms with Crippen LogP contribution in [-0.2, 0) is 32.7 Å². The van der Waals surface area contributed by atoms with Crippen molar-refractivity contribution in [2.24, 2.45) is 0 Å². The summed E-state index contributed by atoms with van der Waals surface area (Å²) in [5.41, 5.74) is 0. The first-order chi connectivity index (χ1) is 24.2. The normalized spacial score (nSPS) is 14.9. The Morgan fingerprint density at radius 1 is 0.620 bits per heavy atom. The molecule has 286 valence electrons. The van der Waals surface area contributed by atoms with Crippen molar-refractivity contribution < 1.29 is 47.8 Å². The molecule has 0 amide bonds. The number of rotatable bonds is 33. The summed E-state index contributed by atoms with van der Waals surface area (Å²) < 4.78 is 32.4. The number of hydrogen-bond donors (Lipinski definition) is 3. The second-order valence-electron chi connectivity index (χ2n) is 11.9. The van der Waals surface area contributed by atoms with Gasteiger partial charge in [0.1, 0.15) is 12.7 Å². The summed E-state index contributed by atoms with van der Waals surface area (Å²) >= 11 is 0. The number of aliphatic hydroxyl groups is 2. The predicted octanol–water partition coefficient (Wildman–Crippen LogP) is 8.94. The van der Waals surface area contributed by atoms with E-state index in [0.29, 0.717) is 12.8 Å². The van der Waals surface area contributed by atoms with Crippen molar-refractivity contribution >= 4 is 19.8 Å². The van der Waals surface area contributed by atoms with E-state index in [1.807, 2.05) is 12.2 Å². The second-order valence-corrected chi connectivity index (χ2v) is 13.3. The summed E-state index contributed by atoms with van der Waals surface area (Å²) in [6.07, 6.45) is 37.6. The lowest BCUT2D eigenvalue weighted by atomic mass is 10.1. The lowest BCUT2D eigenvalue weighted by Gasteiger charge is -2.20. The van der Waals surface area contributed by atoms with Crippen molar-refractivity contribution in [2.45, 2.75) is 135 Å². The first-order valence-electron chi connectivity index (χ1n) is 18.4. The van der Waals surface area contributed by atoms with Crippen LogP contribution in [0.5, 0.6) is 0 Å². The van der Waals surface area contributed by atoms with Crippen LogP contribution in [0.3, 0.4) is 0 Å². The van der Waals surface area contributed by atoms with Crippen LogP contribution in [0, 0.1) is 0 Å². The van der Waals surface area contributed by atoms with Gasteiger partial charge in [-0.05, 0) is 51.4 Å². The standard InChI is InChI=1S/C39H65O10P/c1-3-5-7-9-11-13-14-15-16-17-18-19-20-21-22-23-25-27-29-31-39(43)49-37(35-48-50(44,45)47-33-36(41)32-40)34-46-38(42)30-28-26-24-12-10-8-6-4-2/h5,7,11,13,15-16,18-19,21-22,25,27,36-37,40-41H,3-4,6,8-10,12,14,17,20,23-24,26,28-35H2,1-2H3,(H,44,45)/b7-5+,13-11+,16-15+,19-18+,22-21+,27-25+/t36-,37+/m0/s1. The maximum Gasteiger partial charge on any atom is 0.472 e. The predicted molar refractivity (Wildman–Crippen MR) is 200 cm³/mol. The Morgan fingerprint density at radius 3 is 1.62 bits per heavy atom. The number of esters is 2. The highest BCUT2D eigenvalue weighted by atomic mass is 31.2. The van der Waals surface area contributed by atoms with Gasteiger partial charge in [0.15, 0.2) is 6.10 Å². The third-order valence-electron chi connectivity index (χ3n) is 7.14. The molecule has 10 nitrogen and oxygen atoms in total. The van der Waals surface area contributed by atoms with Gasteiger partial charge >= 0.3 is 19.8 Å². The average molecular weight is 725 g/mol. The second kappa shape index (κ2) is 34.8. The minimum Gasteiger partial charge on any atom is -0.462 e. The summed E-state index contributed by atoms with van der Waals surface area (Å²) in [5.74, 6) is -1.04. The maximum atomic E-state index is 12.5. The molecule has 0 fully saturated rings. The number of carbonyl (C=O) groups excluding carboxylic acids is 2. The third kappa shape index (κ3) is 33.9. The Labute approximate surface area is 301 Å². The summed E-state index contributed by atoms with van der Waals surface area (Å²) in [7, 11) is -4.63. The molecular weight excluding hydrogens is 659 g/mol. The van der Waals surface area contributed by atoms with Gasteiger partial charge in [-0.15, -0.1) is 0 Å². The molecule has 11 heteroatoms. The minimum atomic E-state index is -4.63. The van der Waals surface area contributed by atoms with Gasteiger partial charge in [0, 0.05) is 12.8 Å². The molecule has 0 aliphatic carbocycles. The summed E-state index contributed by atoms with van der Waals surface area (Å²) in [5, 5.41) is 18.2. The van der Waals surface area contributed by atoms with E-state index in [0.717, 1.165) is 57.8 Å². The number of phosphoric ester groups is 1. The molecule has 0 radical (unpaired) electrons. The monoisotopic (exact) mass is 724 g/mol. The molecule has 3 N–H and O–H groups in total. The van der Waals surface area contributed by atoms with Crippen molar-refractivity contribution in [1.82, 2.24) is 0 Å². The van der Waals surface area contributed by atoms with Gasteiger partial charge in [-0.25, -0.2) is 4.57 Å². The lowest BCUT2D eigenvalue weighted by Crippen LogP contribution is -2.29. The molecule has 0 aromatic heterocycles. The lowest BCUT2D eigenvalue weighted by molar-refractivity contribution is -0.161. The van der Waals surface area contributed by atoms with Crippen molar-refractivity contribution in [2.75, 3.05) is 26.4 Å². The molecule has 0 aromatic carbocycles. The largest absolute Gasteiger partial charge is 0.472 e. The van der Waals surface area contributed by atoms with E-state index in [2.05, 4.69) is 79.1 Å². The van der Waals surface area contributed by atoms with Gasteiger partial charge in [-0.3, -0.25) is 18.6 Å². The zero-order valence-electron chi connectivity index (χ0n) is 30.6. The zero-order valence-corrected chi connectivity index (χ0v) is 31.5. The number of aliphatic hydroxyl groups excluding tert-OH is 2. The minimum absolute atomic E-state index is 0.0564. The highest BCUT2D eigenvalue weighted by Crippen LogP contribution is 2.43. The van der Waals surface area contributed by atoms with Crippen molar-refractivity contribution in [3.8, 4) is 0 Å². The first-order valence-corrected chi connectivity index (χ1v) is 19.9. The number of allylic oxidation sites excluding steroid dienone is 12. The third-order valence-corrected chi connectivity index (χ3v) is 8.09. The van der Waals surface area contributed by atoms with Crippen molar-refractivity contribution in [1.29, 1.82) is 0 Å². The number of unbranched alkanes of at least 4 members (excludes halogenated alkanes) is 7. The number of hydrogen-bond acceptors (Lipinski definition) is 9. The molecule has 0 bridgehead atoms. The quantitative estimate of drug-likeness (QED) is 0.0259. The van der Waals surface area contributed by atoms with E-state index in [9.17, 15) is 24.2 Å². The number of carbonyl (C=O) groups is 2. The van der Waals surface area contributed by atoms with E-state index >= 15 is 0 Å². The van der Waals surface area contributed by atoms with Gasteiger partial charge in [-0.2, -0.15) is 0 Å². The van der Waals surface area contributed by atoms with Crippen LogP contribution in [-0.4, -0.2) is 65.7 Å². The fraction of sp³-hybridized carbons (Fsp3) is 0.641. The molecule has 0 spiro atoms. The number of ether oxygens (including phenoxy) is 2. The van der Waals surface area contributed by atoms with E-state index in [1.165, 1.54) is 25.7 Å². The Hall–Kier alpha value is -2.59. The molecule has 50 heavy (non-hydrogen) atoms. The van der Waals surface area contributed by atoms with Gasteiger partial charge in [0.2, 0.25) is 0 Å². The van der Waals surface area contributed by atoms with Crippen LogP contribution in [0.1, 0.15) is 123 Å². The molecular formula is C39H65O10P. The topological polar surface area (TPSA) is 149 Å². The Bertz CT molecular complexity index is 1060. The van der Waals surface area contributed by atoms with Crippen molar-refractivity contribution in [3.05, 3.63) is 72.9 Å². The van der Waals surface area contributed by atoms with Crippen LogP contribution >= 0.6 is 7.82 Å². The highest BCUT2D eigenvalue weighted by Gasteiger charge is 2.27.